The molecule has 0 spiro atoms. The SMILES string of the molecule is COSOc1ccccc1C. The molecule has 0 aliphatic heterocycles. The molecule has 0 atom stereocenters. The van der Waals surface area contributed by atoms with Gasteiger partial charge >= 0.3 is 0 Å². The predicted molar refractivity (Wildman–Crippen MR) is 46.4 cm³/mol. The summed E-state index contributed by atoms with van der Waals surface area (Å²) in [5.74, 6) is 0.847. The first kappa shape index (κ1) is 8.43. The topological polar surface area (TPSA) is 18.5 Å². The van der Waals surface area contributed by atoms with Gasteiger partial charge in [0, 0.05) is 0 Å². The molecule has 3 heteroatoms. The second-order valence-electron chi connectivity index (χ2n) is 2.08. The number of para-hydroxylation sites is 1. The van der Waals surface area contributed by atoms with Crippen molar-refractivity contribution in [3.63, 3.8) is 0 Å². The second kappa shape index (κ2) is 4.26. The van der Waals surface area contributed by atoms with Crippen molar-refractivity contribution in [2.75, 3.05) is 7.11 Å². The van der Waals surface area contributed by atoms with Crippen LogP contribution in [0.1, 0.15) is 5.56 Å². The van der Waals surface area contributed by atoms with Crippen molar-refractivity contribution in [1.29, 1.82) is 0 Å². The highest BCUT2D eigenvalue weighted by Gasteiger charge is 1.96. The third-order valence-corrected chi connectivity index (χ3v) is 1.67. The molecule has 2 nitrogen and oxygen atoms in total. The van der Waals surface area contributed by atoms with E-state index in [1.807, 2.05) is 31.2 Å². The molecule has 1 aromatic carbocycles. The Balaban J connectivity index is 2.62. The monoisotopic (exact) mass is 170 g/mol. The van der Waals surface area contributed by atoms with Crippen LogP contribution in [0.2, 0.25) is 0 Å². The highest BCUT2D eigenvalue weighted by Crippen LogP contribution is 2.20. The summed E-state index contributed by atoms with van der Waals surface area (Å²) >= 11 is 0.975. The van der Waals surface area contributed by atoms with Gasteiger partial charge in [0.2, 0.25) is 12.3 Å². The van der Waals surface area contributed by atoms with Gasteiger partial charge in [-0.3, -0.25) is 4.18 Å². The first-order valence-electron chi connectivity index (χ1n) is 3.27. The molecule has 0 fully saturated rings. The zero-order valence-corrected chi connectivity index (χ0v) is 7.35. The minimum absolute atomic E-state index is 0.847. The zero-order chi connectivity index (χ0) is 8.10. The molecule has 0 aromatic heterocycles. The molecule has 0 radical (unpaired) electrons. The van der Waals surface area contributed by atoms with Crippen molar-refractivity contribution in [3.05, 3.63) is 29.8 Å². The van der Waals surface area contributed by atoms with Crippen LogP contribution in [0.15, 0.2) is 24.3 Å². The van der Waals surface area contributed by atoms with Gasteiger partial charge in [-0.25, -0.2) is 0 Å². The zero-order valence-electron chi connectivity index (χ0n) is 6.53. The van der Waals surface area contributed by atoms with Gasteiger partial charge in [0.15, 0.2) is 0 Å². The summed E-state index contributed by atoms with van der Waals surface area (Å²) in [5.41, 5.74) is 1.11. The highest BCUT2D eigenvalue weighted by atomic mass is 32.2. The molecule has 1 rings (SSSR count). The van der Waals surface area contributed by atoms with Crippen molar-refractivity contribution >= 4 is 12.3 Å². The summed E-state index contributed by atoms with van der Waals surface area (Å²) in [6.45, 7) is 1.99. The molecule has 1 aromatic rings. The van der Waals surface area contributed by atoms with Gasteiger partial charge in [-0.05, 0) is 18.6 Å². The van der Waals surface area contributed by atoms with Crippen LogP contribution in [-0.4, -0.2) is 7.11 Å². The molecule has 0 saturated heterocycles. The fourth-order valence-electron chi connectivity index (χ4n) is 0.721. The minimum atomic E-state index is 0.847. The van der Waals surface area contributed by atoms with E-state index in [0.29, 0.717) is 0 Å². The Kier molecular flexibility index (Phi) is 3.26. The van der Waals surface area contributed by atoms with E-state index in [2.05, 4.69) is 0 Å². The van der Waals surface area contributed by atoms with E-state index in [1.165, 1.54) is 0 Å². The normalized spacial score (nSPS) is 9.64. The van der Waals surface area contributed by atoms with Gasteiger partial charge in [0.05, 0.1) is 7.11 Å². The highest BCUT2D eigenvalue weighted by molar-refractivity contribution is 7.90. The molecule has 0 aliphatic carbocycles. The molecule has 0 amide bonds. The summed E-state index contributed by atoms with van der Waals surface area (Å²) in [7, 11) is 1.57. The van der Waals surface area contributed by atoms with Crippen molar-refractivity contribution in [1.82, 2.24) is 0 Å². The van der Waals surface area contributed by atoms with Crippen LogP contribution in [0.5, 0.6) is 5.75 Å². The number of hydrogen-bond donors (Lipinski definition) is 0. The summed E-state index contributed by atoms with van der Waals surface area (Å²) in [5, 5.41) is 0. The maximum atomic E-state index is 5.18. The molecule has 0 heterocycles. The van der Waals surface area contributed by atoms with Gasteiger partial charge in [0.25, 0.3) is 0 Å². The lowest BCUT2D eigenvalue weighted by atomic mass is 10.2. The van der Waals surface area contributed by atoms with E-state index in [0.717, 1.165) is 23.6 Å². The Labute approximate surface area is 70.9 Å². The maximum absolute atomic E-state index is 5.18. The van der Waals surface area contributed by atoms with Crippen molar-refractivity contribution < 1.29 is 8.37 Å². The van der Waals surface area contributed by atoms with E-state index in [4.69, 9.17) is 8.37 Å². The third kappa shape index (κ3) is 2.44. The second-order valence-corrected chi connectivity index (χ2v) is 2.72. The maximum Gasteiger partial charge on any atom is 0.225 e. The quantitative estimate of drug-likeness (QED) is 0.649. The van der Waals surface area contributed by atoms with Crippen LogP contribution in [-0.2, 0) is 4.18 Å². The van der Waals surface area contributed by atoms with E-state index in [1.54, 1.807) is 7.11 Å². The Hall–Kier alpha value is -0.670. The molecule has 0 unspecified atom stereocenters. The summed E-state index contributed by atoms with van der Waals surface area (Å²) in [4.78, 5) is 0. The molecular formula is C8H10O2S. The van der Waals surface area contributed by atoms with Crippen LogP contribution >= 0.6 is 12.3 Å². The Morgan fingerprint density at radius 1 is 1.27 bits per heavy atom. The summed E-state index contributed by atoms with van der Waals surface area (Å²) in [6, 6.07) is 7.80. The Morgan fingerprint density at radius 3 is 2.64 bits per heavy atom. The average Bonchev–Trinajstić information content (AvgIpc) is 2.03. The predicted octanol–water partition coefficient (Wildman–Crippen LogP) is 2.58. The minimum Gasteiger partial charge on any atom is -0.400 e. The fourth-order valence-corrected chi connectivity index (χ4v) is 1.05. The van der Waals surface area contributed by atoms with Crippen LogP contribution < -0.4 is 4.18 Å². The Morgan fingerprint density at radius 2 is 2.00 bits per heavy atom. The lowest BCUT2D eigenvalue weighted by Gasteiger charge is -2.03. The first-order chi connectivity index (χ1) is 5.34. The van der Waals surface area contributed by atoms with Gasteiger partial charge in [-0.15, -0.1) is 0 Å². The first-order valence-corrected chi connectivity index (χ1v) is 3.94. The van der Waals surface area contributed by atoms with Gasteiger partial charge in [0.1, 0.15) is 5.75 Å². The molecular weight excluding hydrogens is 160 g/mol. The number of rotatable bonds is 3. The van der Waals surface area contributed by atoms with Gasteiger partial charge in [-0.1, -0.05) is 18.2 Å². The smallest absolute Gasteiger partial charge is 0.225 e. The number of aryl methyl sites for hydroxylation is 1. The van der Waals surface area contributed by atoms with Crippen LogP contribution in [0.3, 0.4) is 0 Å². The van der Waals surface area contributed by atoms with Crippen LogP contribution in [0, 0.1) is 6.92 Å². The number of benzene rings is 1. The lowest BCUT2D eigenvalue weighted by molar-refractivity contribution is 0.438. The van der Waals surface area contributed by atoms with Gasteiger partial charge < -0.3 is 4.18 Å². The summed E-state index contributed by atoms with van der Waals surface area (Å²) in [6.07, 6.45) is 0. The Bertz CT molecular complexity index is 225. The largest absolute Gasteiger partial charge is 0.400 e. The lowest BCUT2D eigenvalue weighted by Crippen LogP contribution is -1.84. The molecule has 11 heavy (non-hydrogen) atoms. The average molecular weight is 170 g/mol. The fraction of sp³-hybridized carbons (Fsp3) is 0.250. The third-order valence-electron chi connectivity index (χ3n) is 1.29. The molecule has 0 saturated carbocycles. The van der Waals surface area contributed by atoms with Crippen molar-refractivity contribution in [2.45, 2.75) is 6.92 Å². The standard InChI is InChI=1S/C8H10O2S/c1-7-5-3-4-6-8(7)10-11-9-2/h3-6H,1-2H3. The van der Waals surface area contributed by atoms with E-state index in [-0.39, 0.29) is 0 Å². The molecule has 0 N–H and O–H groups in total. The van der Waals surface area contributed by atoms with Crippen LogP contribution in [0.4, 0.5) is 0 Å². The van der Waals surface area contributed by atoms with E-state index < -0.39 is 0 Å². The number of hydrogen-bond acceptors (Lipinski definition) is 3. The summed E-state index contributed by atoms with van der Waals surface area (Å²) < 4.78 is 9.88. The van der Waals surface area contributed by atoms with Crippen molar-refractivity contribution in [3.8, 4) is 5.75 Å². The van der Waals surface area contributed by atoms with Gasteiger partial charge in [-0.2, -0.15) is 0 Å². The van der Waals surface area contributed by atoms with Crippen molar-refractivity contribution in [2.24, 2.45) is 0 Å². The van der Waals surface area contributed by atoms with E-state index in [9.17, 15) is 0 Å². The van der Waals surface area contributed by atoms with Crippen LogP contribution in [0.25, 0.3) is 0 Å². The molecule has 60 valence electrons. The molecule has 0 bridgehead atoms. The molecule has 0 aliphatic rings. The van der Waals surface area contributed by atoms with E-state index >= 15 is 0 Å².